The lowest BCUT2D eigenvalue weighted by atomic mass is 10.0. The Morgan fingerprint density at radius 1 is 1.33 bits per heavy atom. The predicted molar refractivity (Wildman–Crippen MR) is 69.8 cm³/mol. The zero-order valence-electron chi connectivity index (χ0n) is 10.9. The van der Waals surface area contributed by atoms with Crippen LogP contribution in [0.15, 0.2) is 36.8 Å². The molecule has 18 heavy (non-hydrogen) atoms. The first kappa shape index (κ1) is 12.8. The third-order valence-electron chi connectivity index (χ3n) is 3.28. The van der Waals surface area contributed by atoms with Gasteiger partial charge in [-0.25, -0.2) is 9.37 Å². The Morgan fingerprint density at radius 2 is 2.06 bits per heavy atom. The Hall–Kier alpha value is -1.68. The number of nitrogens with one attached hydrogen (secondary N) is 1. The maximum Gasteiger partial charge on any atom is 0.128 e. The molecule has 0 bridgehead atoms. The Balaban J connectivity index is 2.32. The minimum absolute atomic E-state index is 0.181. The van der Waals surface area contributed by atoms with Crippen molar-refractivity contribution in [1.82, 2.24) is 14.9 Å². The fourth-order valence-electron chi connectivity index (χ4n) is 1.91. The zero-order chi connectivity index (χ0) is 13.2. The fourth-order valence-corrected chi connectivity index (χ4v) is 1.91. The van der Waals surface area contributed by atoms with Crippen molar-refractivity contribution in [2.75, 3.05) is 7.05 Å². The summed E-state index contributed by atoms with van der Waals surface area (Å²) in [7, 11) is 1.90. The van der Waals surface area contributed by atoms with Crippen LogP contribution in [-0.4, -0.2) is 16.6 Å². The number of rotatable bonds is 4. The van der Waals surface area contributed by atoms with Gasteiger partial charge in [-0.2, -0.15) is 0 Å². The molecule has 3 nitrogen and oxygen atoms in total. The topological polar surface area (TPSA) is 29.9 Å². The van der Waals surface area contributed by atoms with Gasteiger partial charge in [0.1, 0.15) is 5.82 Å². The van der Waals surface area contributed by atoms with Crippen LogP contribution in [0.2, 0.25) is 0 Å². The van der Waals surface area contributed by atoms with Crippen LogP contribution in [0.3, 0.4) is 0 Å². The van der Waals surface area contributed by atoms with Gasteiger partial charge in [-0.05, 0) is 27.0 Å². The molecule has 0 unspecified atom stereocenters. The third kappa shape index (κ3) is 2.43. The SMILES string of the molecule is CNC(C)(C)c1cncn1Cc1ccccc1F. The first-order valence-electron chi connectivity index (χ1n) is 5.97. The summed E-state index contributed by atoms with van der Waals surface area (Å²) in [6.07, 6.45) is 3.55. The number of aromatic nitrogens is 2. The van der Waals surface area contributed by atoms with E-state index in [0.29, 0.717) is 12.1 Å². The summed E-state index contributed by atoms with van der Waals surface area (Å²) in [5.74, 6) is -0.181. The van der Waals surface area contributed by atoms with Crippen molar-refractivity contribution in [3.05, 3.63) is 53.9 Å². The summed E-state index contributed by atoms with van der Waals surface area (Å²) in [6.45, 7) is 4.64. The highest BCUT2D eigenvalue weighted by atomic mass is 19.1. The second-order valence-corrected chi connectivity index (χ2v) is 4.87. The molecule has 1 heterocycles. The summed E-state index contributed by atoms with van der Waals surface area (Å²) in [5.41, 5.74) is 1.51. The second-order valence-electron chi connectivity index (χ2n) is 4.87. The normalized spacial score (nSPS) is 11.8. The highest BCUT2D eigenvalue weighted by Gasteiger charge is 2.22. The average molecular weight is 247 g/mol. The van der Waals surface area contributed by atoms with Crippen LogP contribution in [-0.2, 0) is 12.1 Å². The Morgan fingerprint density at radius 3 is 2.72 bits per heavy atom. The molecule has 1 N–H and O–H groups in total. The van der Waals surface area contributed by atoms with Crippen LogP contribution in [0.1, 0.15) is 25.1 Å². The smallest absolute Gasteiger partial charge is 0.128 e. The van der Waals surface area contributed by atoms with Gasteiger partial charge in [0, 0.05) is 5.56 Å². The molecule has 0 saturated carbocycles. The van der Waals surface area contributed by atoms with Crippen molar-refractivity contribution in [2.45, 2.75) is 25.9 Å². The van der Waals surface area contributed by atoms with Crippen LogP contribution < -0.4 is 5.32 Å². The lowest BCUT2D eigenvalue weighted by Gasteiger charge is -2.25. The van der Waals surface area contributed by atoms with Crippen LogP contribution in [0.25, 0.3) is 0 Å². The lowest BCUT2D eigenvalue weighted by Crippen LogP contribution is -2.35. The number of hydrogen-bond donors (Lipinski definition) is 1. The standard InChI is InChI=1S/C14H18FN3/c1-14(2,16-3)13-8-17-10-18(13)9-11-6-4-5-7-12(11)15/h4-8,10,16H,9H2,1-3H3. The molecule has 0 fully saturated rings. The van der Waals surface area contributed by atoms with Gasteiger partial charge in [-0.15, -0.1) is 0 Å². The Bertz CT molecular complexity index is 531. The largest absolute Gasteiger partial charge is 0.328 e. The molecule has 0 amide bonds. The number of nitrogens with zero attached hydrogens (tertiary/aromatic N) is 2. The number of halogens is 1. The number of hydrogen-bond acceptors (Lipinski definition) is 2. The van der Waals surface area contributed by atoms with Crippen molar-refractivity contribution >= 4 is 0 Å². The van der Waals surface area contributed by atoms with Gasteiger partial charge in [0.05, 0.1) is 30.3 Å². The molecule has 0 radical (unpaired) electrons. The Kier molecular flexibility index (Phi) is 3.48. The molecular formula is C14H18FN3. The van der Waals surface area contributed by atoms with Crippen molar-refractivity contribution in [3.63, 3.8) is 0 Å². The zero-order valence-corrected chi connectivity index (χ0v) is 10.9. The molecule has 0 aliphatic carbocycles. The van der Waals surface area contributed by atoms with Crippen LogP contribution in [0.5, 0.6) is 0 Å². The number of benzene rings is 1. The quantitative estimate of drug-likeness (QED) is 0.899. The molecule has 96 valence electrons. The van der Waals surface area contributed by atoms with Gasteiger partial charge >= 0.3 is 0 Å². The molecule has 4 heteroatoms. The van der Waals surface area contributed by atoms with Crippen molar-refractivity contribution in [1.29, 1.82) is 0 Å². The van der Waals surface area contributed by atoms with Gasteiger partial charge in [0.15, 0.2) is 0 Å². The van der Waals surface area contributed by atoms with Gasteiger partial charge < -0.3 is 9.88 Å². The van der Waals surface area contributed by atoms with Crippen molar-refractivity contribution in [3.8, 4) is 0 Å². The first-order valence-corrected chi connectivity index (χ1v) is 5.97. The molecule has 2 rings (SSSR count). The molecule has 0 aliphatic heterocycles. The molecule has 0 aliphatic rings. The summed E-state index contributed by atoms with van der Waals surface area (Å²) < 4.78 is 15.6. The maximum atomic E-state index is 13.6. The Labute approximate surface area is 107 Å². The lowest BCUT2D eigenvalue weighted by molar-refractivity contribution is 0.412. The van der Waals surface area contributed by atoms with E-state index in [1.165, 1.54) is 6.07 Å². The van der Waals surface area contributed by atoms with E-state index in [1.807, 2.05) is 23.9 Å². The van der Waals surface area contributed by atoms with E-state index in [1.54, 1.807) is 18.5 Å². The van der Waals surface area contributed by atoms with Gasteiger partial charge in [-0.3, -0.25) is 0 Å². The molecular weight excluding hydrogens is 229 g/mol. The molecule has 0 atom stereocenters. The summed E-state index contributed by atoms with van der Waals surface area (Å²) in [6, 6.07) is 6.82. The second kappa shape index (κ2) is 4.90. The third-order valence-corrected chi connectivity index (χ3v) is 3.28. The van der Waals surface area contributed by atoms with Gasteiger partial charge in [0.25, 0.3) is 0 Å². The summed E-state index contributed by atoms with van der Waals surface area (Å²) in [4.78, 5) is 4.16. The van der Waals surface area contributed by atoms with Crippen LogP contribution in [0, 0.1) is 5.82 Å². The summed E-state index contributed by atoms with van der Waals surface area (Å²) >= 11 is 0. The van der Waals surface area contributed by atoms with E-state index in [-0.39, 0.29) is 11.4 Å². The van der Waals surface area contributed by atoms with E-state index < -0.39 is 0 Å². The van der Waals surface area contributed by atoms with Crippen molar-refractivity contribution in [2.24, 2.45) is 0 Å². The minimum Gasteiger partial charge on any atom is -0.328 e. The van der Waals surface area contributed by atoms with Crippen LogP contribution >= 0.6 is 0 Å². The summed E-state index contributed by atoms with van der Waals surface area (Å²) in [5, 5.41) is 3.23. The van der Waals surface area contributed by atoms with Crippen LogP contribution in [0.4, 0.5) is 4.39 Å². The fraction of sp³-hybridized carbons (Fsp3) is 0.357. The highest BCUT2D eigenvalue weighted by molar-refractivity contribution is 5.20. The van der Waals surface area contributed by atoms with E-state index in [9.17, 15) is 4.39 Å². The van der Waals surface area contributed by atoms with Gasteiger partial charge in [0.2, 0.25) is 0 Å². The maximum absolute atomic E-state index is 13.6. The first-order chi connectivity index (χ1) is 8.54. The molecule has 1 aromatic heterocycles. The predicted octanol–water partition coefficient (Wildman–Crippen LogP) is 2.53. The number of imidazole rings is 1. The molecule has 0 saturated heterocycles. The van der Waals surface area contributed by atoms with Gasteiger partial charge in [-0.1, -0.05) is 18.2 Å². The van der Waals surface area contributed by atoms with E-state index in [0.717, 1.165) is 5.69 Å². The molecule has 2 aromatic rings. The minimum atomic E-state index is -0.193. The van der Waals surface area contributed by atoms with Crippen molar-refractivity contribution < 1.29 is 4.39 Å². The monoisotopic (exact) mass is 247 g/mol. The average Bonchev–Trinajstić information content (AvgIpc) is 2.81. The van der Waals surface area contributed by atoms with E-state index >= 15 is 0 Å². The molecule has 1 aromatic carbocycles. The molecule has 0 spiro atoms. The van der Waals surface area contributed by atoms with E-state index in [4.69, 9.17) is 0 Å². The van der Waals surface area contributed by atoms with E-state index in [2.05, 4.69) is 24.1 Å². The highest BCUT2D eigenvalue weighted by Crippen LogP contribution is 2.20.